The highest BCUT2D eigenvalue weighted by atomic mass is 32.2. The molecule has 1 fully saturated rings. The van der Waals surface area contributed by atoms with Crippen LogP contribution in [-0.2, 0) is 16.4 Å². The van der Waals surface area contributed by atoms with E-state index in [0.29, 0.717) is 44.5 Å². The van der Waals surface area contributed by atoms with Gasteiger partial charge in [0.25, 0.3) is 10.0 Å². The molecule has 204 valence electrons. The Kier molecular flexibility index (Phi) is 7.54. The highest BCUT2D eigenvalue weighted by Crippen LogP contribution is 2.37. The van der Waals surface area contributed by atoms with Crippen LogP contribution < -0.4 is 4.90 Å². The molecule has 3 aromatic rings. The Hall–Kier alpha value is -3.95. The molecule has 5 rings (SSSR count). The van der Waals surface area contributed by atoms with Crippen molar-refractivity contribution >= 4 is 21.8 Å². The third kappa shape index (κ3) is 5.46. The summed E-state index contributed by atoms with van der Waals surface area (Å²) in [5, 5.41) is 18.9. The molecule has 2 atom stereocenters. The Labute approximate surface area is 227 Å². The molecular weight excluding hydrogens is 518 g/mol. The number of piperidine rings is 1. The molecule has 2 aliphatic heterocycles. The van der Waals surface area contributed by atoms with E-state index in [9.17, 15) is 23.6 Å². The predicted octanol–water partition coefficient (Wildman–Crippen LogP) is 3.25. The first-order valence-corrected chi connectivity index (χ1v) is 14.4. The van der Waals surface area contributed by atoms with Gasteiger partial charge in [-0.1, -0.05) is 6.07 Å². The molecule has 0 spiro atoms. The van der Waals surface area contributed by atoms with Crippen LogP contribution in [0.3, 0.4) is 0 Å². The van der Waals surface area contributed by atoms with Crippen molar-refractivity contribution in [1.82, 2.24) is 24.2 Å². The number of amides is 1. The Bertz CT molecular complexity index is 1450. The second-order valence-electron chi connectivity index (χ2n) is 10.1. The van der Waals surface area contributed by atoms with Gasteiger partial charge in [-0.3, -0.25) is 0 Å². The number of carbonyl (C=O) groups is 1. The zero-order valence-corrected chi connectivity index (χ0v) is 22.5. The van der Waals surface area contributed by atoms with E-state index in [-0.39, 0.29) is 23.5 Å². The first kappa shape index (κ1) is 26.6. The lowest BCUT2D eigenvalue weighted by Crippen LogP contribution is -2.53. The number of hydrogen-bond acceptors (Lipinski definition) is 7. The third-order valence-corrected chi connectivity index (χ3v) is 9.59. The molecule has 11 nitrogen and oxygen atoms in total. The lowest BCUT2D eigenvalue weighted by molar-refractivity contribution is 0.118. The number of nitrogens with one attached hydrogen (secondary N) is 1. The third-order valence-electron chi connectivity index (χ3n) is 7.76. The summed E-state index contributed by atoms with van der Waals surface area (Å²) in [6.45, 7) is 3.48. The lowest BCUT2D eigenvalue weighted by atomic mass is 9.92. The Morgan fingerprint density at radius 1 is 1.28 bits per heavy atom. The van der Waals surface area contributed by atoms with Gasteiger partial charge in [0.1, 0.15) is 0 Å². The number of hydrogen-bond donors (Lipinski definition) is 2. The highest BCUT2D eigenvalue weighted by Gasteiger charge is 2.40. The number of carboxylic acid groups (broad SMARTS) is 1. The van der Waals surface area contributed by atoms with Gasteiger partial charge in [0.15, 0.2) is 5.03 Å². The topological polar surface area (TPSA) is 147 Å². The Morgan fingerprint density at radius 3 is 2.72 bits per heavy atom. The van der Waals surface area contributed by atoms with Crippen molar-refractivity contribution in [3.05, 3.63) is 71.9 Å². The average molecular weight is 550 g/mol. The number of pyridine rings is 1. The number of nitrogens with zero attached hydrogens (tertiary/aromatic N) is 6. The zero-order valence-electron chi connectivity index (χ0n) is 21.6. The number of likely N-dealkylation sites (tertiary alicyclic amines) is 1. The summed E-state index contributed by atoms with van der Waals surface area (Å²) in [6.07, 6.45) is 5.50. The SMILES string of the molecule is CC(c1cnc[nH]1)N1CC(N(CC2CCN(C(=O)O)CC2)S(=O)(=O)c2ccccn2)Cc2cc(C#N)ccc21. The molecule has 0 radical (unpaired) electrons. The number of imidazole rings is 1. The van der Waals surface area contributed by atoms with Gasteiger partial charge in [-0.25, -0.2) is 23.2 Å². The Morgan fingerprint density at radius 2 is 2.08 bits per heavy atom. The maximum absolute atomic E-state index is 14.1. The van der Waals surface area contributed by atoms with E-state index in [2.05, 4.69) is 25.9 Å². The van der Waals surface area contributed by atoms with Crippen LogP contribution in [0.2, 0.25) is 0 Å². The second-order valence-corrected chi connectivity index (χ2v) is 11.9. The number of anilines is 1. The Balaban J connectivity index is 1.52. The predicted molar refractivity (Wildman–Crippen MR) is 143 cm³/mol. The van der Waals surface area contributed by atoms with Gasteiger partial charge in [-0.15, -0.1) is 0 Å². The molecule has 0 saturated carbocycles. The van der Waals surface area contributed by atoms with Crippen molar-refractivity contribution < 1.29 is 18.3 Å². The van der Waals surface area contributed by atoms with Crippen LogP contribution in [0.25, 0.3) is 0 Å². The quantitative estimate of drug-likeness (QED) is 0.457. The summed E-state index contributed by atoms with van der Waals surface area (Å²) in [5.41, 5.74) is 3.27. The van der Waals surface area contributed by atoms with Crippen LogP contribution in [0.4, 0.5) is 10.5 Å². The molecule has 39 heavy (non-hydrogen) atoms. The number of sulfonamides is 1. The number of benzene rings is 1. The molecule has 2 N–H and O–H groups in total. The van der Waals surface area contributed by atoms with Crippen LogP contribution in [0.15, 0.2) is 60.1 Å². The summed E-state index contributed by atoms with van der Waals surface area (Å²) in [4.78, 5) is 26.5. The van der Waals surface area contributed by atoms with E-state index < -0.39 is 22.2 Å². The number of rotatable bonds is 7. The molecule has 0 bridgehead atoms. The standard InChI is InChI=1S/C27H31N7O4S/c1-19(24-15-29-18-31-24)33-17-23(13-22-12-21(14-28)5-6-25(22)33)34(39(37,38)26-4-2-3-9-30-26)16-20-7-10-32(11-8-20)27(35)36/h2-6,9,12,15,18-20,23H,7-8,10-11,13,16-17H2,1H3,(H,29,31)(H,35,36). The minimum absolute atomic E-state index is 0.00408. The fourth-order valence-corrected chi connectivity index (χ4v) is 7.22. The van der Waals surface area contributed by atoms with Crippen LogP contribution in [0.5, 0.6) is 0 Å². The molecular formula is C27H31N7O4S. The molecule has 2 unspecified atom stereocenters. The second kappa shape index (κ2) is 11.0. The summed E-state index contributed by atoms with van der Waals surface area (Å²) >= 11 is 0. The summed E-state index contributed by atoms with van der Waals surface area (Å²) < 4.78 is 29.7. The van der Waals surface area contributed by atoms with Crippen molar-refractivity contribution in [2.75, 3.05) is 31.1 Å². The van der Waals surface area contributed by atoms with Crippen molar-refractivity contribution in [2.45, 2.75) is 43.3 Å². The first-order valence-electron chi connectivity index (χ1n) is 13.0. The molecule has 1 aromatic carbocycles. The van der Waals surface area contributed by atoms with Crippen molar-refractivity contribution in [3.8, 4) is 6.07 Å². The van der Waals surface area contributed by atoms with Gasteiger partial charge >= 0.3 is 6.09 Å². The number of nitriles is 1. The molecule has 1 saturated heterocycles. The van der Waals surface area contributed by atoms with Gasteiger partial charge in [0.05, 0.1) is 35.9 Å². The molecule has 1 amide bonds. The van der Waals surface area contributed by atoms with Gasteiger partial charge in [-0.05, 0) is 68.0 Å². The number of aromatic nitrogens is 3. The van der Waals surface area contributed by atoms with Crippen molar-refractivity contribution in [3.63, 3.8) is 0 Å². The van der Waals surface area contributed by atoms with E-state index in [1.54, 1.807) is 35.0 Å². The first-order chi connectivity index (χ1) is 18.8. The normalized spacial score (nSPS) is 18.9. The maximum atomic E-state index is 14.1. The average Bonchev–Trinajstić information content (AvgIpc) is 3.50. The van der Waals surface area contributed by atoms with E-state index >= 15 is 0 Å². The molecule has 2 aliphatic rings. The molecule has 12 heteroatoms. The van der Waals surface area contributed by atoms with E-state index in [1.807, 2.05) is 19.1 Å². The van der Waals surface area contributed by atoms with E-state index in [4.69, 9.17) is 0 Å². The lowest BCUT2D eigenvalue weighted by Gasteiger charge is -2.44. The van der Waals surface area contributed by atoms with Crippen molar-refractivity contribution in [2.24, 2.45) is 5.92 Å². The fraction of sp³-hybridized carbons (Fsp3) is 0.407. The summed E-state index contributed by atoms with van der Waals surface area (Å²) in [5.74, 6) is 0.00408. The van der Waals surface area contributed by atoms with Gasteiger partial charge < -0.3 is 19.9 Å². The van der Waals surface area contributed by atoms with Gasteiger partial charge in [0.2, 0.25) is 0 Å². The summed E-state index contributed by atoms with van der Waals surface area (Å²) in [6, 6.07) is 12.0. The monoisotopic (exact) mass is 549 g/mol. The minimum atomic E-state index is -3.97. The maximum Gasteiger partial charge on any atom is 0.407 e. The van der Waals surface area contributed by atoms with E-state index in [0.717, 1.165) is 16.9 Å². The van der Waals surface area contributed by atoms with Crippen LogP contribution in [0, 0.1) is 17.2 Å². The zero-order chi connectivity index (χ0) is 27.6. The number of H-pyrrole nitrogens is 1. The minimum Gasteiger partial charge on any atom is -0.465 e. The summed E-state index contributed by atoms with van der Waals surface area (Å²) in [7, 11) is -3.97. The van der Waals surface area contributed by atoms with Crippen LogP contribution in [-0.4, -0.2) is 76.0 Å². The fourth-order valence-electron chi connectivity index (χ4n) is 5.59. The van der Waals surface area contributed by atoms with Crippen LogP contribution >= 0.6 is 0 Å². The van der Waals surface area contributed by atoms with Crippen LogP contribution in [0.1, 0.15) is 42.6 Å². The van der Waals surface area contributed by atoms with Gasteiger partial charge in [0, 0.05) is 44.1 Å². The van der Waals surface area contributed by atoms with Crippen molar-refractivity contribution in [1.29, 1.82) is 5.26 Å². The van der Waals surface area contributed by atoms with E-state index in [1.165, 1.54) is 17.2 Å². The number of fused-ring (bicyclic) bond motifs is 1. The highest BCUT2D eigenvalue weighted by molar-refractivity contribution is 7.89. The smallest absolute Gasteiger partial charge is 0.407 e. The number of aromatic amines is 1. The van der Waals surface area contributed by atoms with Gasteiger partial charge in [-0.2, -0.15) is 9.57 Å². The molecule has 4 heterocycles. The largest absolute Gasteiger partial charge is 0.465 e. The molecule has 0 aliphatic carbocycles. The molecule has 2 aromatic heterocycles.